The summed E-state index contributed by atoms with van der Waals surface area (Å²) in [5.41, 5.74) is 1.75. The van der Waals surface area contributed by atoms with Crippen LogP contribution in [0.5, 0.6) is 0 Å². The molecule has 29 heavy (non-hydrogen) atoms. The summed E-state index contributed by atoms with van der Waals surface area (Å²) < 4.78 is 29.7. The highest BCUT2D eigenvalue weighted by Gasteiger charge is 2.32. The number of carbonyl (C=O) groups is 1. The molecule has 1 aromatic heterocycles. The van der Waals surface area contributed by atoms with Crippen LogP contribution in [0.4, 0.5) is 0 Å². The Morgan fingerprint density at radius 2 is 1.69 bits per heavy atom. The lowest BCUT2D eigenvalue weighted by molar-refractivity contribution is -0.135. The second kappa shape index (κ2) is 7.89. The Bertz CT molecular complexity index is 1150. The molecule has 0 spiro atoms. The molecule has 1 saturated heterocycles. The number of imidazole rings is 1. The summed E-state index contributed by atoms with van der Waals surface area (Å²) in [6.07, 6.45) is 1.68. The maximum Gasteiger partial charge on any atom is 0.245 e. The summed E-state index contributed by atoms with van der Waals surface area (Å²) in [7, 11) is -3.60. The summed E-state index contributed by atoms with van der Waals surface area (Å²) in [5.74, 6) is -0.0360. The first-order chi connectivity index (χ1) is 13.9. The summed E-state index contributed by atoms with van der Waals surface area (Å²) in [6, 6.07) is 14.1. The molecule has 7 nitrogen and oxygen atoms in total. The molecule has 152 valence electrons. The van der Waals surface area contributed by atoms with Crippen LogP contribution < -0.4 is 0 Å². The van der Waals surface area contributed by atoms with Crippen LogP contribution in [-0.2, 0) is 14.8 Å². The van der Waals surface area contributed by atoms with Gasteiger partial charge in [0.1, 0.15) is 6.04 Å². The molecule has 1 atom stereocenters. The predicted octanol–water partition coefficient (Wildman–Crippen LogP) is 2.89. The van der Waals surface area contributed by atoms with E-state index in [0.29, 0.717) is 17.6 Å². The Balaban J connectivity index is 1.47. The Morgan fingerprint density at radius 3 is 2.41 bits per heavy atom. The summed E-state index contributed by atoms with van der Waals surface area (Å²) in [5, 5.41) is 0. The molecule has 9 heteroatoms. The fraction of sp³-hybridized carbons (Fsp3) is 0.300. The van der Waals surface area contributed by atoms with Crippen LogP contribution in [0.3, 0.4) is 0 Å². The van der Waals surface area contributed by atoms with Crippen molar-refractivity contribution in [2.24, 2.45) is 0 Å². The number of hydrogen-bond donors (Lipinski definition) is 0. The largest absolute Gasteiger partial charge is 0.338 e. The molecular weight excluding hydrogens is 456 g/mol. The molecule has 2 aromatic carbocycles. The lowest BCUT2D eigenvalue weighted by atomic mass is 10.2. The van der Waals surface area contributed by atoms with E-state index in [9.17, 15) is 13.2 Å². The summed E-state index contributed by atoms with van der Waals surface area (Å²) in [4.78, 5) is 19.4. The molecule has 1 aliphatic rings. The molecule has 3 aromatic rings. The van der Waals surface area contributed by atoms with Gasteiger partial charge in [0.05, 0.1) is 22.3 Å². The Morgan fingerprint density at radius 1 is 1.03 bits per heavy atom. The van der Waals surface area contributed by atoms with Crippen molar-refractivity contribution < 1.29 is 13.2 Å². The number of hydrogen-bond acceptors (Lipinski definition) is 4. The van der Waals surface area contributed by atoms with Crippen molar-refractivity contribution in [3.8, 4) is 0 Å². The quantitative estimate of drug-likeness (QED) is 0.579. The molecular formula is C20H21BrN4O3S. The van der Waals surface area contributed by atoms with Crippen molar-refractivity contribution in [1.29, 1.82) is 0 Å². The zero-order valence-corrected chi connectivity index (χ0v) is 18.3. The van der Waals surface area contributed by atoms with Gasteiger partial charge in [0.25, 0.3) is 0 Å². The number of carbonyl (C=O) groups excluding carboxylic acids is 1. The third kappa shape index (κ3) is 3.70. The van der Waals surface area contributed by atoms with Crippen molar-refractivity contribution in [2.75, 3.05) is 26.2 Å². The van der Waals surface area contributed by atoms with E-state index in [2.05, 4.69) is 20.9 Å². The highest BCUT2D eigenvalue weighted by atomic mass is 79.9. The molecule has 0 radical (unpaired) electrons. The van der Waals surface area contributed by atoms with Crippen molar-refractivity contribution >= 4 is 42.9 Å². The number of nitrogens with zero attached hydrogens (tertiary/aromatic N) is 4. The van der Waals surface area contributed by atoms with Crippen molar-refractivity contribution in [1.82, 2.24) is 18.8 Å². The van der Waals surface area contributed by atoms with E-state index in [1.54, 1.807) is 35.5 Å². The standard InChI is InChI=1S/C20H21BrN4O3S/c1-15(25-14-22-17-7-3-4-8-18(17)25)20(26)23-10-12-24(13-11-23)29(27,28)19-9-5-2-6-16(19)21/h2-9,14-15H,10-13H2,1H3. The van der Waals surface area contributed by atoms with E-state index < -0.39 is 16.1 Å². The molecule has 2 heterocycles. The van der Waals surface area contributed by atoms with E-state index >= 15 is 0 Å². The second-order valence-electron chi connectivity index (χ2n) is 6.98. The molecule has 1 amide bonds. The second-order valence-corrected chi connectivity index (χ2v) is 9.74. The fourth-order valence-electron chi connectivity index (χ4n) is 3.61. The predicted molar refractivity (Wildman–Crippen MR) is 114 cm³/mol. The minimum Gasteiger partial charge on any atom is -0.338 e. The first-order valence-corrected chi connectivity index (χ1v) is 11.6. The van der Waals surface area contributed by atoms with Crippen LogP contribution in [0.2, 0.25) is 0 Å². The first-order valence-electron chi connectivity index (χ1n) is 9.34. The third-order valence-electron chi connectivity index (χ3n) is 5.26. The Kier molecular flexibility index (Phi) is 5.46. The van der Waals surface area contributed by atoms with Gasteiger partial charge in [-0.05, 0) is 47.1 Å². The van der Waals surface area contributed by atoms with E-state index in [-0.39, 0.29) is 23.9 Å². The van der Waals surface area contributed by atoms with Gasteiger partial charge < -0.3 is 9.47 Å². The minimum absolute atomic E-state index is 0.0360. The van der Waals surface area contributed by atoms with Gasteiger partial charge in [-0.15, -0.1) is 0 Å². The molecule has 1 fully saturated rings. The van der Waals surface area contributed by atoms with Crippen LogP contribution in [0.25, 0.3) is 11.0 Å². The van der Waals surface area contributed by atoms with Gasteiger partial charge in [0.15, 0.2) is 0 Å². The number of fused-ring (bicyclic) bond motifs is 1. The topological polar surface area (TPSA) is 75.5 Å². The number of aromatic nitrogens is 2. The van der Waals surface area contributed by atoms with Gasteiger partial charge in [-0.2, -0.15) is 4.31 Å². The van der Waals surface area contributed by atoms with Gasteiger partial charge in [0, 0.05) is 30.7 Å². The van der Waals surface area contributed by atoms with E-state index in [1.165, 1.54) is 4.31 Å². The van der Waals surface area contributed by atoms with Crippen molar-refractivity contribution in [3.63, 3.8) is 0 Å². The smallest absolute Gasteiger partial charge is 0.245 e. The van der Waals surface area contributed by atoms with E-state index in [0.717, 1.165) is 11.0 Å². The average Bonchev–Trinajstić information content (AvgIpc) is 3.17. The normalized spacial score (nSPS) is 16.8. The molecule has 1 aliphatic heterocycles. The van der Waals surface area contributed by atoms with E-state index in [1.807, 2.05) is 35.8 Å². The molecule has 0 aliphatic carbocycles. The van der Waals surface area contributed by atoms with Gasteiger partial charge in [-0.3, -0.25) is 4.79 Å². The molecule has 0 bridgehead atoms. The number of rotatable bonds is 4. The number of para-hydroxylation sites is 2. The molecule has 0 N–H and O–H groups in total. The van der Waals surface area contributed by atoms with Crippen molar-refractivity contribution in [2.45, 2.75) is 17.9 Å². The van der Waals surface area contributed by atoms with Gasteiger partial charge in [-0.25, -0.2) is 13.4 Å². The zero-order chi connectivity index (χ0) is 20.6. The number of halogens is 1. The fourth-order valence-corrected chi connectivity index (χ4v) is 6.00. The van der Waals surface area contributed by atoms with Gasteiger partial charge in [0.2, 0.25) is 15.9 Å². The van der Waals surface area contributed by atoms with Gasteiger partial charge in [-0.1, -0.05) is 24.3 Å². The Labute approximate surface area is 178 Å². The molecule has 0 saturated carbocycles. The van der Waals surface area contributed by atoms with E-state index in [4.69, 9.17) is 0 Å². The SMILES string of the molecule is CC(C(=O)N1CCN(S(=O)(=O)c2ccccc2Br)CC1)n1cnc2ccccc21. The highest BCUT2D eigenvalue weighted by molar-refractivity contribution is 9.10. The summed E-state index contributed by atoms with van der Waals surface area (Å²) in [6.45, 7) is 3.11. The first kappa shape index (κ1) is 20.1. The monoisotopic (exact) mass is 476 g/mol. The maximum absolute atomic E-state index is 13.0. The molecule has 4 rings (SSSR count). The van der Waals surface area contributed by atoms with Crippen LogP contribution in [-0.4, -0.2) is 59.3 Å². The lowest BCUT2D eigenvalue weighted by Gasteiger charge is -2.35. The summed E-state index contributed by atoms with van der Waals surface area (Å²) >= 11 is 3.32. The molecule has 1 unspecified atom stereocenters. The van der Waals surface area contributed by atoms with Gasteiger partial charge >= 0.3 is 0 Å². The number of amides is 1. The lowest BCUT2D eigenvalue weighted by Crippen LogP contribution is -2.51. The van der Waals surface area contributed by atoms with Crippen LogP contribution in [0, 0.1) is 0 Å². The minimum atomic E-state index is -3.60. The Hall–Kier alpha value is -2.23. The average molecular weight is 477 g/mol. The zero-order valence-electron chi connectivity index (χ0n) is 15.9. The third-order valence-corrected chi connectivity index (χ3v) is 8.17. The van der Waals surface area contributed by atoms with Crippen LogP contribution >= 0.6 is 15.9 Å². The highest BCUT2D eigenvalue weighted by Crippen LogP contribution is 2.26. The number of benzene rings is 2. The maximum atomic E-state index is 13.0. The number of sulfonamides is 1. The van der Waals surface area contributed by atoms with Crippen molar-refractivity contribution in [3.05, 3.63) is 59.3 Å². The number of piperazine rings is 1. The van der Waals surface area contributed by atoms with Crippen LogP contribution in [0.1, 0.15) is 13.0 Å². The van der Waals surface area contributed by atoms with Crippen LogP contribution in [0.15, 0.2) is 64.2 Å².